The largest absolute Gasteiger partial charge is 0.387 e. The van der Waals surface area contributed by atoms with E-state index in [2.05, 4.69) is 11.4 Å². The van der Waals surface area contributed by atoms with Crippen LogP contribution in [-0.4, -0.2) is 6.54 Å². The smallest absolute Gasteiger partial charge is 0.0328 e. The Morgan fingerprint density at radius 3 is 2.12 bits per heavy atom. The van der Waals surface area contributed by atoms with Gasteiger partial charge in [0.05, 0.1) is 0 Å². The van der Waals surface area contributed by atoms with E-state index in [0.29, 0.717) is 0 Å². The maximum Gasteiger partial charge on any atom is 0.0328 e. The molecule has 0 aliphatic carbocycles. The normalized spacial score (nSPS) is 13.8. The quantitative estimate of drug-likeness (QED) is 0.501. The molecule has 0 aromatic heterocycles. The van der Waals surface area contributed by atoms with E-state index in [9.17, 15) is 0 Å². The Labute approximate surface area is 51.1 Å². The Kier molecular flexibility index (Phi) is 5.71. The summed E-state index contributed by atoms with van der Waals surface area (Å²) in [6, 6.07) is 0. The molecule has 0 saturated heterocycles. The zero-order valence-electron chi connectivity index (χ0n) is 5.52. The minimum atomic E-state index is 0.983. The second kappa shape index (κ2) is 6.28. The van der Waals surface area contributed by atoms with Crippen LogP contribution in [0.3, 0.4) is 0 Å². The first-order valence-corrected chi connectivity index (χ1v) is 3.05. The molecule has 8 heavy (non-hydrogen) atoms. The number of hydrogen-bond acceptors (Lipinski definition) is 1. The Bertz CT molecular complexity index is 70.4. The van der Waals surface area contributed by atoms with Crippen molar-refractivity contribution in [3.05, 3.63) is 24.4 Å². The summed E-state index contributed by atoms with van der Waals surface area (Å²) in [6.45, 7) is 4.98. The third kappa shape index (κ3) is 3.47. The number of dihydropyridines is 1. The average Bonchev–Trinajstić information content (AvgIpc) is 1.96. The fraction of sp³-hybridized carbons (Fsp3) is 0.429. The van der Waals surface area contributed by atoms with Crippen molar-refractivity contribution in [1.82, 2.24) is 5.32 Å². The Balaban J connectivity index is 0.000000222. The monoisotopic (exact) mass is 111 g/mol. The summed E-state index contributed by atoms with van der Waals surface area (Å²) in [5, 5.41) is 3.02. The molecule has 0 atom stereocenters. The molecule has 0 amide bonds. The van der Waals surface area contributed by atoms with Crippen LogP contribution in [0.15, 0.2) is 24.4 Å². The lowest BCUT2D eigenvalue weighted by Crippen LogP contribution is -2.05. The van der Waals surface area contributed by atoms with Gasteiger partial charge in [0.25, 0.3) is 0 Å². The zero-order valence-corrected chi connectivity index (χ0v) is 5.52. The molecule has 0 radical (unpaired) electrons. The summed E-state index contributed by atoms with van der Waals surface area (Å²) in [4.78, 5) is 0. The predicted molar refractivity (Wildman–Crippen MR) is 37.6 cm³/mol. The van der Waals surface area contributed by atoms with Crippen molar-refractivity contribution in [2.45, 2.75) is 13.8 Å². The summed E-state index contributed by atoms with van der Waals surface area (Å²) >= 11 is 0. The molecule has 0 bridgehead atoms. The van der Waals surface area contributed by atoms with Gasteiger partial charge >= 0.3 is 0 Å². The first kappa shape index (κ1) is 7.28. The van der Waals surface area contributed by atoms with Crippen molar-refractivity contribution in [2.24, 2.45) is 0 Å². The molecule has 46 valence electrons. The molecular weight excluding hydrogens is 98.1 g/mol. The number of allylic oxidation sites excluding steroid dienone is 2. The van der Waals surface area contributed by atoms with Gasteiger partial charge in [-0.05, 0) is 12.3 Å². The standard InChI is InChI=1S/C5H7N.C2H6/c1-2-4-6-5-3-1;1-2/h1-4,6H,5H2;1-2H3. The van der Waals surface area contributed by atoms with E-state index in [4.69, 9.17) is 0 Å². The summed E-state index contributed by atoms with van der Waals surface area (Å²) < 4.78 is 0. The molecule has 0 fully saturated rings. The van der Waals surface area contributed by atoms with Crippen LogP contribution in [0.4, 0.5) is 0 Å². The van der Waals surface area contributed by atoms with E-state index in [-0.39, 0.29) is 0 Å². The molecule has 1 nitrogen and oxygen atoms in total. The van der Waals surface area contributed by atoms with Crippen LogP contribution in [0.1, 0.15) is 13.8 Å². The second-order valence-electron chi connectivity index (χ2n) is 1.20. The van der Waals surface area contributed by atoms with Gasteiger partial charge in [-0.25, -0.2) is 0 Å². The number of nitrogens with one attached hydrogen (secondary N) is 1. The summed E-state index contributed by atoms with van der Waals surface area (Å²) in [5.41, 5.74) is 0. The third-order valence-corrected chi connectivity index (χ3v) is 0.697. The van der Waals surface area contributed by atoms with Crippen molar-refractivity contribution in [3.8, 4) is 0 Å². The van der Waals surface area contributed by atoms with Crippen molar-refractivity contribution in [3.63, 3.8) is 0 Å². The highest BCUT2D eigenvalue weighted by Gasteiger charge is 1.73. The fourth-order valence-electron chi connectivity index (χ4n) is 0.406. The minimum Gasteiger partial charge on any atom is -0.387 e. The van der Waals surface area contributed by atoms with Gasteiger partial charge in [-0.15, -0.1) is 0 Å². The molecule has 1 heteroatoms. The molecule has 0 saturated carbocycles. The predicted octanol–water partition coefficient (Wildman–Crippen LogP) is 1.69. The molecule has 1 aliphatic rings. The molecular formula is C7H13N. The minimum absolute atomic E-state index is 0.983. The topological polar surface area (TPSA) is 12.0 Å². The van der Waals surface area contributed by atoms with Crippen molar-refractivity contribution in [2.75, 3.05) is 6.54 Å². The van der Waals surface area contributed by atoms with Gasteiger partial charge in [0.2, 0.25) is 0 Å². The highest BCUT2D eigenvalue weighted by atomic mass is 14.8. The molecule has 1 N–H and O–H groups in total. The van der Waals surface area contributed by atoms with Crippen LogP contribution < -0.4 is 5.32 Å². The van der Waals surface area contributed by atoms with Crippen LogP contribution in [-0.2, 0) is 0 Å². The molecule has 0 unspecified atom stereocenters. The molecule has 1 heterocycles. The fourth-order valence-corrected chi connectivity index (χ4v) is 0.406. The van der Waals surface area contributed by atoms with E-state index in [1.165, 1.54) is 0 Å². The molecule has 1 aliphatic heterocycles. The first-order valence-electron chi connectivity index (χ1n) is 3.05. The van der Waals surface area contributed by atoms with Crippen LogP contribution in [0.2, 0.25) is 0 Å². The van der Waals surface area contributed by atoms with Gasteiger partial charge in [-0.1, -0.05) is 26.0 Å². The van der Waals surface area contributed by atoms with Gasteiger partial charge in [0, 0.05) is 6.54 Å². The van der Waals surface area contributed by atoms with E-state index in [0.717, 1.165) is 6.54 Å². The lowest BCUT2D eigenvalue weighted by Gasteiger charge is -1.94. The Morgan fingerprint density at radius 2 is 2.00 bits per heavy atom. The lowest BCUT2D eigenvalue weighted by molar-refractivity contribution is 0.972. The van der Waals surface area contributed by atoms with E-state index in [1.54, 1.807) is 0 Å². The Morgan fingerprint density at radius 1 is 1.25 bits per heavy atom. The van der Waals surface area contributed by atoms with Crippen LogP contribution in [0.5, 0.6) is 0 Å². The van der Waals surface area contributed by atoms with Crippen molar-refractivity contribution >= 4 is 0 Å². The van der Waals surface area contributed by atoms with Crippen LogP contribution >= 0.6 is 0 Å². The summed E-state index contributed by atoms with van der Waals surface area (Å²) in [5.74, 6) is 0. The van der Waals surface area contributed by atoms with E-state index < -0.39 is 0 Å². The molecule has 0 aromatic carbocycles. The average molecular weight is 111 g/mol. The first-order chi connectivity index (χ1) is 4.00. The van der Waals surface area contributed by atoms with Crippen LogP contribution in [0.25, 0.3) is 0 Å². The van der Waals surface area contributed by atoms with E-state index in [1.807, 2.05) is 32.2 Å². The summed E-state index contributed by atoms with van der Waals surface area (Å²) in [6.07, 6.45) is 8.00. The molecule has 0 aromatic rings. The Hall–Kier alpha value is -0.720. The highest BCUT2D eigenvalue weighted by molar-refractivity contribution is 5.06. The van der Waals surface area contributed by atoms with Crippen LogP contribution in [0, 0.1) is 0 Å². The molecule has 0 spiro atoms. The van der Waals surface area contributed by atoms with Gasteiger partial charge in [-0.2, -0.15) is 0 Å². The maximum absolute atomic E-state index is 3.02. The van der Waals surface area contributed by atoms with E-state index >= 15 is 0 Å². The molecule has 1 rings (SSSR count). The SMILES string of the molecule is C1=CCNC=C1.CC. The van der Waals surface area contributed by atoms with Gasteiger partial charge in [0.1, 0.15) is 0 Å². The third-order valence-electron chi connectivity index (χ3n) is 0.697. The maximum atomic E-state index is 3.02. The summed E-state index contributed by atoms with van der Waals surface area (Å²) in [7, 11) is 0. The highest BCUT2D eigenvalue weighted by Crippen LogP contribution is 1.78. The van der Waals surface area contributed by atoms with Gasteiger partial charge in [-0.3, -0.25) is 0 Å². The number of hydrogen-bond donors (Lipinski definition) is 1. The van der Waals surface area contributed by atoms with Crippen molar-refractivity contribution < 1.29 is 0 Å². The zero-order chi connectivity index (χ0) is 6.24. The van der Waals surface area contributed by atoms with Gasteiger partial charge < -0.3 is 5.32 Å². The number of rotatable bonds is 0. The van der Waals surface area contributed by atoms with Gasteiger partial charge in [0.15, 0.2) is 0 Å². The lowest BCUT2D eigenvalue weighted by atomic mass is 10.4. The van der Waals surface area contributed by atoms with Crippen molar-refractivity contribution in [1.29, 1.82) is 0 Å². The second-order valence-corrected chi connectivity index (χ2v) is 1.20.